The van der Waals surface area contributed by atoms with Crippen molar-refractivity contribution in [3.8, 4) is 11.4 Å². The van der Waals surface area contributed by atoms with E-state index in [1.807, 2.05) is 25.1 Å². The van der Waals surface area contributed by atoms with Crippen LogP contribution in [0.3, 0.4) is 0 Å². The van der Waals surface area contributed by atoms with E-state index >= 15 is 0 Å². The van der Waals surface area contributed by atoms with Gasteiger partial charge in [-0.05, 0) is 19.8 Å². The van der Waals surface area contributed by atoms with Gasteiger partial charge in [-0.25, -0.2) is 14.8 Å². The molecule has 0 bridgehead atoms. The Morgan fingerprint density at radius 1 is 1.23 bits per heavy atom. The van der Waals surface area contributed by atoms with Gasteiger partial charge in [0.2, 0.25) is 0 Å². The lowest BCUT2D eigenvalue weighted by Crippen LogP contribution is -2.47. The van der Waals surface area contributed by atoms with Gasteiger partial charge in [-0.15, -0.1) is 0 Å². The molecular formula is C19H26N6O. The zero-order valence-electron chi connectivity index (χ0n) is 15.5. The van der Waals surface area contributed by atoms with E-state index in [1.165, 1.54) is 19.3 Å². The Morgan fingerprint density at radius 2 is 2.04 bits per heavy atom. The first-order chi connectivity index (χ1) is 12.6. The molecule has 0 radical (unpaired) electrons. The van der Waals surface area contributed by atoms with Crippen molar-refractivity contribution < 1.29 is 4.79 Å². The van der Waals surface area contributed by atoms with Crippen molar-refractivity contribution in [1.29, 1.82) is 0 Å². The molecule has 0 atom stereocenters. The maximum Gasteiger partial charge on any atom is 0.317 e. The third-order valence-electron chi connectivity index (χ3n) is 5.45. The number of carbonyl (C=O) groups excluding carboxylic acids is 1. The van der Waals surface area contributed by atoms with Crippen molar-refractivity contribution in [2.24, 2.45) is 7.05 Å². The van der Waals surface area contributed by atoms with Gasteiger partial charge in [0.1, 0.15) is 0 Å². The van der Waals surface area contributed by atoms with Crippen molar-refractivity contribution in [3.63, 3.8) is 0 Å². The van der Waals surface area contributed by atoms with Crippen LogP contribution in [-0.2, 0) is 20.0 Å². The third-order valence-corrected chi connectivity index (χ3v) is 5.45. The van der Waals surface area contributed by atoms with Crippen LogP contribution in [0.4, 0.5) is 4.79 Å². The fourth-order valence-electron chi connectivity index (χ4n) is 3.93. The normalized spacial score (nSPS) is 17.8. The van der Waals surface area contributed by atoms with E-state index in [9.17, 15) is 4.79 Å². The Balaban J connectivity index is 1.49. The summed E-state index contributed by atoms with van der Waals surface area (Å²) in [6.45, 7) is 3.30. The van der Waals surface area contributed by atoms with Crippen LogP contribution < -0.4 is 5.32 Å². The largest absolute Gasteiger partial charge is 0.335 e. The highest BCUT2D eigenvalue weighted by Gasteiger charge is 2.26. The summed E-state index contributed by atoms with van der Waals surface area (Å²) in [4.78, 5) is 23.9. The van der Waals surface area contributed by atoms with Crippen LogP contribution in [-0.4, -0.2) is 43.3 Å². The number of nitrogens with one attached hydrogen (secondary N) is 1. The van der Waals surface area contributed by atoms with E-state index in [0.29, 0.717) is 19.1 Å². The van der Waals surface area contributed by atoms with E-state index in [1.54, 1.807) is 10.9 Å². The minimum Gasteiger partial charge on any atom is -0.335 e. The predicted octanol–water partition coefficient (Wildman–Crippen LogP) is 2.59. The number of hydrogen-bond donors (Lipinski definition) is 1. The second-order valence-electron chi connectivity index (χ2n) is 7.42. The summed E-state index contributed by atoms with van der Waals surface area (Å²) in [6.07, 6.45) is 10.4. The lowest BCUT2D eigenvalue weighted by molar-refractivity contribution is 0.184. The lowest BCUT2D eigenvalue weighted by Gasteiger charge is -2.32. The number of hydrogen-bond acceptors (Lipinski definition) is 4. The van der Waals surface area contributed by atoms with E-state index < -0.39 is 0 Å². The molecule has 2 aliphatic rings. The molecule has 1 aliphatic carbocycles. The second-order valence-corrected chi connectivity index (χ2v) is 7.42. The quantitative estimate of drug-likeness (QED) is 0.899. The number of rotatable bonds is 2. The highest BCUT2D eigenvalue weighted by Crippen LogP contribution is 2.24. The molecule has 1 aliphatic heterocycles. The summed E-state index contributed by atoms with van der Waals surface area (Å²) >= 11 is 0. The second kappa shape index (κ2) is 7.05. The number of carbonyl (C=O) groups is 1. The molecule has 0 unspecified atom stereocenters. The van der Waals surface area contributed by atoms with Crippen LogP contribution in [0.5, 0.6) is 0 Å². The molecule has 4 rings (SSSR count). The van der Waals surface area contributed by atoms with Gasteiger partial charge in [0.15, 0.2) is 5.82 Å². The summed E-state index contributed by atoms with van der Waals surface area (Å²) in [5.41, 5.74) is 4.01. The summed E-state index contributed by atoms with van der Waals surface area (Å²) < 4.78 is 1.75. The molecule has 138 valence electrons. The SMILES string of the molecule is Cc1nc(-c2cnn(C)c2)nc2c1CN(C(=O)NC1CCCCC1)CC2. The molecule has 1 fully saturated rings. The Morgan fingerprint density at radius 3 is 2.77 bits per heavy atom. The molecule has 1 N–H and O–H groups in total. The zero-order chi connectivity index (χ0) is 18.1. The molecule has 7 heteroatoms. The van der Waals surface area contributed by atoms with Gasteiger partial charge in [-0.1, -0.05) is 19.3 Å². The Labute approximate surface area is 153 Å². The summed E-state index contributed by atoms with van der Waals surface area (Å²) in [5, 5.41) is 7.41. The van der Waals surface area contributed by atoms with Gasteiger partial charge >= 0.3 is 6.03 Å². The van der Waals surface area contributed by atoms with E-state index in [4.69, 9.17) is 4.98 Å². The monoisotopic (exact) mass is 354 g/mol. The van der Waals surface area contributed by atoms with Crippen LogP contribution in [0.25, 0.3) is 11.4 Å². The number of amides is 2. The molecule has 1 saturated carbocycles. The first kappa shape index (κ1) is 17.0. The fraction of sp³-hybridized carbons (Fsp3) is 0.579. The number of aryl methyl sites for hydroxylation is 2. The van der Waals surface area contributed by atoms with E-state index in [-0.39, 0.29) is 6.03 Å². The zero-order valence-corrected chi connectivity index (χ0v) is 15.5. The van der Waals surface area contributed by atoms with Gasteiger partial charge in [0, 0.05) is 43.5 Å². The van der Waals surface area contributed by atoms with Crippen LogP contribution in [0.15, 0.2) is 12.4 Å². The first-order valence-electron chi connectivity index (χ1n) is 9.51. The van der Waals surface area contributed by atoms with E-state index in [2.05, 4.69) is 15.4 Å². The summed E-state index contributed by atoms with van der Waals surface area (Å²) in [5.74, 6) is 0.717. The van der Waals surface area contributed by atoms with Crippen LogP contribution in [0.2, 0.25) is 0 Å². The van der Waals surface area contributed by atoms with Gasteiger partial charge in [-0.2, -0.15) is 5.10 Å². The van der Waals surface area contributed by atoms with Crippen molar-refractivity contribution in [2.75, 3.05) is 6.54 Å². The molecule has 0 aromatic carbocycles. The fourth-order valence-corrected chi connectivity index (χ4v) is 3.93. The standard InChI is InChI=1S/C19H26N6O/c1-13-16-12-25(19(26)22-15-6-4-3-5-7-15)9-8-17(16)23-18(21-13)14-10-20-24(2)11-14/h10-11,15H,3-9,12H2,1-2H3,(H,22,26). The number of urea groups is 1. The Bertz CT molecular complexity index is 808. The molecule has 26 heavy (non-hydrogen) atoms. The van der Waals surface area contributed by atoms with Gasteiger partial charge < -0.3 is 10.2 Å². The van der Waals surface area contributed by atoms with Crippen molar-refractivity contribution in [2.45, 2.75) is 58.0 Å². The van der Waals surface area contributed by atoms with Crippen LogP contribution in [0.1, 0.15) is 49.1 Å². The van der Waals surface area contributed by atoms with Crippen molar-refractivity contribution in [1.82, 2.24) is 30.0 Å². The van der Waals surface area contributed by atoms with E-state index in [0.717, 1.165) is 47.6 Å². The topological polar surface area (TPSA) is 75.9 Å². The lowest BCUT2D eigenvalue weighted by atomic mass is 9.95. The molecule has 7 nitrogen and oxygen atoms in total. The minimum atomic E-state index is 0.0540. The van der Waals surface area contributed by atoms with Crippen molar-refractivity contribution >= 4 is 6.03 Å². The molecule has 2 aromatic heterocycles. The highest BCUT2D eigenvalue weighted by molar-refractivity contribution is 5.75. The average Bonchev–Trinajstić information content (AvgIpc) is 3.08. The predicted molar refractivity (Wildman–Crippen MR) is 98.5 cm³/mol. The summed E-state index contributed by atoms with van der Waals surface area (Å²) in [6, 6.07) is 0.390. The Hall–Kier alpha value is -2.44. The maximum absolute atomic E-state index is 12.6. The third kappa shape index (κ3) is 3.43. The molecular weight excluding hydrogens is 328 g/mol. The Kier molecular flexibility index (Phi) is 4.61. The molecule has 3 heterocycles. The number of aromatic nitrogens is 4. The van der Waals surface area contributed by atoms with Crippen molar-refractivity contribution in [3.05, 3.63) is 29.3 Å². The first-order valence-corrected chi connectivity index (χ1v) is 9.51. The van der Waals surface area contributed by atoms with Gasteiger partial charge in [-0.3, -0.25) is 4.68 Å². The molecule has 0 spiro atoms. The number of fused-ring (bicyclic) bond motifs is 1. The highest BCUT2D eigenvalue weighted by atomic mass is 16.2. The molecule has 2 aromatic rings. The summed E-state index contributed by atoms with van der Waals surface area (Å²) in [7, 11) is 1.89. The number of nitrogens with zero attached hydrogens (tertiary/aromatic N) is 5. The minimum absolute atomic E-state index is 0.0540. The molecule has 0 saturated heterocycles. The average molecular weight is 354 g/mol. The van der Waals surface area contributed by atoms with Gasteiger partial charge in [0.05, 0.1) is 24.0 Å². The molecule has 2 amide bonds. The van der Waals surface area contributed by atoms with Gasteiger partial charge in [0.25, 0.3) is 0 Å². The van der Waals surface area contributed by atoms with Crippen LogP contribution in [0, 0.1) is 6.92 Å². The van der Waals surface area contributed by atoms with Crippen LogP contribution >= 0.6 is 0 Å². The maximum atomic E-state index is 12.6. The smallest absolute Gasteiger partial charge is 0.317 e.